The zero-order valence-corrected chi connectivity index (χ0v) is 13.0. The number of hydrogen-bond acceptors (Lipinski definition) is 2. The van der Waals surface area contributed by atoms with Crippen molar-refractivity contribution in [3.63, 3.8) is 0 Å². The molecule has 104 valence electrons. The average Bonchev–Trinajstić information content (AvgIpc) is 2.45. The molecule has 0 aromatic heterocycles. The highest BCUT2D eigenvalue weighted by Gasteiger charge is 2.18. The molecule has 0 aliphatic carbocycles. The van der Waals surface area contributed by atoms with Crippen LogP contribution in [-0.2, 0) is 6.61 Å². The predicted octanol–water partition coefficient (Wildman–Crippen LogP) is 5.03. The Labute approximate surface area is 126 Å². The van der Waals surface area contributed by atoms with Gasteiger partial charge in [-0.25, -0.2) is 0 Å². The van der Waals surface area contributed by atoms with Crippen LogP contribution in [0.5, 0.6) is 5.75 Å². The van der Waals surface area contributed by atoms with Gasteiger partial charge in [-0.1, -0.05) is 75.5 Å². The second-order valence-electron chi connectivity index (χ2n) is 5.88. The highest BCUT2D eigenvalue weighted by atomic mass is 32.1. The van der Waals surface area contributed by atoms with Crippen LogP contribution in [0, 0.1) is 5.41 Å². The SMILES string of the molecule is CC(C)(C)C(=S)c1ccc(OCc2ccccc2)cc1. The summed E-state index contributed by atoms with van der Waals surface area (Å²) in [6.07, 6.45) is 0. The number of hydrogen-bond donors (Lipinski definition) is 0. The van der Waals surface area contributed by atoms with Crippen molar-refractivity contribution in [2.24, 2.45) is 5.41 Å². The van der Waals surface area contributed by atoms with Gasteiger partial charge in [-0.2, -0.15) is 0 Å². The second kappa shape index (κ2) is 6.19. The summed E-state index contributed by atoms with van der Waals surface area (Å²) in [5, 5.41) is 0. The Bertz CT molecular complexity index is 565. The fourth-order valence-corrected chi connectivity index (χ4v) is 2.01. The van der Waals surface area contributed by atoms with Gasteiger partial charge >= 0.3 is 0 Å². The zero-order valence-electron chi connectivity index (χ0n) is 12.2. The van der Waals surface area contributed by atoms with Gasteiger partial charge in [-0.15, -0.1) is 0 Å². The van der Waals surface area contributed by atoms with Crippen molar-refractivity contribution in [1.82, 2.24) is 0 Å². The Balaban J connectivity index is 2.00. The number of rotatable bonds is 4. The van der Waals surface area contributed by atoms with Crippen molar-refractivity contribution < 1.29 is 4.74 Å². The Morgan fingerprint density at radius 3 is 2.10 bits per heavy atom. The minimum absolute atomic E-state index is 0.0156. The molecule has 1 nitrogen and oxygen atoms in total. The van der Waals surface area contributed by atoms with E-state index in [1.54, 1.807) is 0 Å². The molecule has 2 aromatic carbocycles. The maximum atomic E-state index is 5.77. The lowest BCUT2D eigenvalue weighted by Gasteiger charge is -2.20. The molecule has 0 saturated heterocycles. The quantitative estimate of drug-likeness (QED) is 0.575. The van der Waals surface area contributed by atoms with Crippen molar-refractivity contribution in [2.75, 3.05) is 0 Å². The van der Waals surface area contributed by atoms with Crippen LogP contribution in [0.15, 0.2) is 54.6 Å². The molecule has 0 fully saturated rings. The fourth-order valence-electron chi connectivity index (χ4n) is 1.88. The van der Waals surface area contributed by atoms with Crippen molar-refractivity contribution in [3.05, 3.63) is 65.7 Å². The van der Waals surface area contributed by atoms with E-state index in [1.165, 1.54) is 5.56 Å². The van der Waals surface area contributed by atoms with Crippen LogP contribution in [0.4, 0.5) is 0 Å². The Hall–Kier alpha value is -1.67. The molecule has 0 aliphatic heterocycles. The van der Waals surface area contributed by atoms with Crippen LogP contribution >= 0.6 is 12.2 Å². The molecular weight excluding hydrogens is 264 g/mol. The van der Waals surface area contributed by atoms with E-state index in [0.717, 1.165) is 16.2 Å². The van der Waals surface area contributed by atoms with E-state index in [0.29, 0.717) is 6.61 Å². The molecule has 0 N–H and O–H groups in total. The lowest BCUT2D eigenvalue weighted by atomic mass is 9.88. The summed E-state index contributed by atoms with van der Waals surface area (Å²) < 4.78 is 5.77. The summed E-state index contributed by atoms with van der Waals surface area (Å²) in [6, 6.07) is 18.2. The van der Waals surface area contributed by atoms with Crippen molar-refractivity contribution in [2.45, 2.75) is 27.4 Å². The Morgan fingerprint density at radius 2 is 1.55 bits per heavy atom. The smallest absolute Gasteiger partial charge is 0.119 e. The molecule has 0 spiro atoms. The van der Waals surface area contributed by atoms with E-state index in [-0.39, 0.29) is 5.41 Å². The summed E-state index contributed by atoms with van der Waals surface area (Å²) >= 11 is 5.50. The highest BCUT2D eigenvalue weighted by molar-refractivity contribution is 7.81. The second-order valence-corrected chi connectivity index (χ2v) is 6.29. The molecule has 0 atom stereocenters. The average molecular weight is 284 g/mol. The lowest BCUT2D eigenvalue weighted by molar-refractivity contribution is 0.306. The van der Waals surface area contributed by atoms with Crippen molar-refractivity contribution in [3.8, 4) is 5.75 Å². The van der Waals surface area contributed by atoms with E-state index < -0.39 is 0 Å². The molecule has 0 heterocycles. The van der Waals surface area contributed by atoms with Crippen molar-refractivity contribution >= 4 is 17.1 Å². The topological polar surface area (TPSA) is 9.23 Å². The maximum absolute atomic E-state index is 5.77. The van der Waals surface area contributed by atoms with Crippen LogP contribution < -0.4 is 4.74 Å². The van der Waals surface area contributed by atoms with Gasteiger partial charge in [0.05, 0.1) is 0 Å². The normalized spacial score (nSPS) is 11.2. The summed E-state index contributed by atoms with van der Waals surface area (Å²) in [4.78, 5) is 0.979. The van der Waals surface area contributed by atoms with Gasteiger partial charge in [0.2, 0.25) is 0 Å². The number of ether oxygens (including phenoxy) is 1. The van der Waals surface area contributed by atoms with Crippen LogP contribution in [0.3, 0.4) is 0 Å². The molecule has 20 heavy (non-hydrogen) atoms. The van der Waals surface area contributed by atoms with E-state index in [9.17, 15) is 0 Å². The number of thiocarbonyl (C=S) groups is 1. The standard InChI is InChI=1S/C18H20OS/c1-18(2,3)17(20)15-9-11-16(12-10-15)19-13-14-7-5-4-6-8-14/h4-12H,13H2,1-3H3. The summed E-state index contributed by atoms with van der Waals surface area (Å²) in [7, 11) is 0. The van der Waals surface area contributed by atoms with Gasteiger partial charge < -0.3 is 4.74 Å². The van der Waals surface area contributed by atoms with Crippen LogP contribution in [-0.4, -0.2) is 4.86 Å². The lowest BCUT2D eigenvalue weighted by Crippen LogP contribution is -2.18. The minimum Gasteiger partial charge on any atom is -0.489 e. The Morgan fingerprint density at radius 1 is 0.950 bits per heavy atom. The zero-order chi connectivity index (χ0) is 14.6. The molecule has 2 heteroatoms. The van der Waals surface area contributed by atoms with Gasteiger partial charge in [-0.05, 0) is 28.7 Å². The molecule has 0 saturated carbocycles. The third-order valence-corrected chi connectivity index (χ3v) is 3.89. The first-order chi connectivity index (χ1) is 9.47. The van der Waals surface area contributed by atoms with Crippen LogP contribution in [0.25, 0.3) is 0 Å². The van der Waals surface area contributed by atoms with Gasteiger partial charge in [0.15, 0.2) is 0 Å². The van der Waals surface area contributed by atoms with E-state index >= 15 is 0 Å². The first kappa shape index (κ1) is 14.7. The molecule has 2 rings (SSSR count). The molecule has 0 bridgehead atoms. The molecule has 0 aliphatic rings. The third kappa shape index (κ3) is 3.91. The van der Waals surface area contributed by atoms with E-state index in [1.807, 2.05) is 42.5 Å². The highest BCUT2D eigenvalue weighted by Crippen LogP contribution is 2.23. The molecule has 0 radical (unpaired) electrons. The van der Waals surface area contributed by atoms with E-state index in [2.05, 4.69) is 32.9 Å². The predicted molar refractivity (Wildman–Crippen MR) is 88.4 cm³/mol. The summed E-state index contributed by atoms with van der Waals surface area (Å²) in [5.74, 6) is 0.870. The van der Waals surface area contributed by atoms with Crippen LogP contribution in [0.1, 0.15) is 31.9 Å². The van der Waals surface area contributed by atoms with Gasteiger partial charge in [0.1, 0.15) is 12.4 Å². The minimum atomic E-state index is 0.0156. The van der Waals surface area contributed by atoms with Crippen molar-refractivity contribution in [1.29, 1.82) is 0 Å². The first-order valence-electron chi connectivity index (χ1n) is 6.78. The van der Waals surface area contributed by atoms with Crippen LogP contribution in [0.2, 0.25) is 0 Å². The van der Waals surface area contributed by atoms with Gasteiger partial charge in [0.25, 0.3) is 0 Å². The summed E-state index contributed by atoms with van der Waals surface area (Å²) in [5.41, 5.74) is 2.28. The van der Waals surface area contributed by atoms with Gasteiger partial charge in [-0.3, -0.25) is 0 Å². The van der Waals surface area contributed by atoms with E-state index in [4.69, 9.17) is 17.0 Å². The Kier molecular flexibility index (Phi) is 4.56. The monoisotopic (exact) mass is 284 g/mol. The van der Waals surface area contributed by atoms with Gasteiger partial charge in [0, 0.05) is 4.86 Å². The summed E-state index contributed by atoms with van der Waals surface area (Å²) in [6.45, 7) is 6.99. The molecular formula is C18H20OS. The largest absolute Gasteiger partial charge is 0.489 e. The molecule has 0 amide bonds. The fraction of sp³-hybridized carbons (Fsp3) is 0.278. The first-order valence-corrected chi connectivity index (χ1v) is 7.19. The molecule has 2 aromatic rings. The molecule has 0 unspecified atom stereocenters. The third-order valence-electron chi connectivity index (χ3n) is 3.05. The maximum Gasteiger partial charge on any atom is 0.119 e. The number of benzene rings is 2.